The third-order valence-corrected chi connectivity index (χ3v) is 2.90. The highest BCUT2D eigenvalue weighted by Gasteiger charge is 2.14. The highest BCUT2D eigenvalue weighted by molar-refractivity contribution is 5.88. The Bertz CT molecular complexity index is 611. The second-order valence-electron chi connectivity index (χ2n) is 4.55. The number of hydrogen-bond acceptors (Lipinski definition) is 3. The van der Waals surface area contributed by atoms with E-state index in [4.69, 9.17) is 14.3 Å². The number of aromatic carboxylic acids is 1. The quantitative estimate of drug-likeness (QED) is 0.914. The van der Waals surface area contributed by atoms with Crippen LogP contribution in [0.3, 0.4) is 0 Å². The molecule has 0 fully saturated rings. The van der Waals surface area contributed by atoms with E-state index in [1.54, 1.807) is 6.92 Å². The molecular formula is C15H16O4. The maximum atomic E-state index is 10.9. The summed E-state index contributed by atoms with van der Waals surface area (Å²) >= 11 is 0. The number of benzene rings is 1. The molecule has 4 heteroatoms. The van der Waals surface area contributed by atoms with Crippen molar-refractivity contribution in [2.45, 2.75) is 27.4 Å². The lowest BCUT2D eigenvalue weighted by Crippen LogP contribution is -1.97. The van der Waals surface area contributed by atoms with Gasteiger partial charge in [0.25, 0.3) is 0 Å². The molecule has 100 valence electrons. The Morgan fingerprint density at radius 2 is 2.00 bits per heavy atom. The van der Waals surface area contributed by atoms with E-state index in [1.165, 1.54) is 11.6 Å². The van der Waals surface area contributed by atoms with Crippen LogP contribution < -0.4 is 4.74 Å². The van der Waals surface area contributed by atoms with Crippen LogP contribution in [0, 0.1) is 20.8 Å². The number of furan rings is 1. The average Bonchev–Trinajstić information content (AvgIpc) is 2.69. The summed E-state index contributed by atoms with van der Waals surface area (Å²) in [6.07, 6.45) is 0. The topological polar surface area (TPSA) is 59.7 Å². The van der Waals surface area contributed by atoms with E-state index in [1.807, 2.05) is 32.0 Å². The van der Waals surface area contributed by atoms with Crippen molar-refractivity contribution in [3.63, 3.8) is 0 Å². The molecule has 1 aromatic heterocycles. The molecule has 0 bridgehead atoms. The minimum atomic E-state index is -0.987. The summed E-state index contributed by atoms with van der Waals surface area (Å²) in [5.74, 6) is 0.692. The lowest BCUT2D eigenvalue weighted by molar-refractivity contribution is 0.0695. The highest BCUT2D eigenvalue weighted by atomic mass is 16.5. The summed E-state index contributed by atoms with van der Waals surface area (Å²) < 4.78 is 11.0. The minimum Gasteiger partial charge on any atom is -0.485 e. The van der Waals surface area contributed by atoms with E-state index in [9.17, 15) is 4.79 Å². The first-order chi connectivity index (χ1) is 8.97. The molecule has 0 amide bonds. The SMILES string of the molecule is Cc1ccc(OCc2cc(C(=O)O)c(C)o2)c(C)c1. The molecule has 0 radical (unpaired) electrons. The predicted molar refractivity (Wildman–Crippen MR) is 70.7 cm³/mol. The first-order valence-electron chi connectivity index (χ1n) is 6.00. The summed E-state index contributed by atoms with van der Waals surface area (Å²) in [5.41, 5.74) is 2.40. The largest absolute Gasteiger partial charge is 0.485 e. The molecular weight excluding hydrogens is 244 g/mol. The van der Waals surface area contributed by atoms with Crippen LogP contribution in [0.25, 0.3) is 0 Å². The fourth-order valence-electron chi connectivity index (χ4n) is 1.94. The van der Waals surface area contributed by atoms with Gasteiger partial charge < -0.3 is 14.3 Å². The van der Waals surface area contributed by atoms with Gasteiger partial charge in [0.05, 0.1) is 0 Å². The maximum Gasteiger partial charge on any atom is 0.339 e. The fourth-order valence-corrected chi connectivity index (χ4v) is 1.94. The van der Waals surface area contributed by atoms with Gasteiger partial charge in [-0.1, -0.05) is 17.7 Å². The van der Waals surface area contributed by atoms with Crippen LogP contribution in [0.15, 0.2) is 28.7 Å². The zero-order valence-corrected chi connectivity index (χ0v) is 11.2. The van der Waals surface area contributed by atoms with E-state index in [-0.39, 0.29) is 12.2 Å². The van der Waals surface area contributed by atoms with Gasteiger partial charge in [0.1, 0.15) is 29.4 Å². The van der Waals surface area contributed by atoms with Crippen LogP contribution in [0.4, 0.5) is 0 Å². The van der Waals surface area contributed by atoms with Gasteiger partial charge in [-0.3, -0.25) is 0 Å². The van der Waals surface area contributed by atoms with Crippen LogP contribution in [0.5, 0.6) is 5.75 Å². The molecule has 0 aliphatic rings. The second kappa shape index (κ2) is 5.18. The fraction of sp³-hybridized carbons (Fsp3) is 0.267. The van der Waals surface area contributed by atoms with E-state index in [0.717, 1.165) is 11.3 Å². The summed E-state index contributed by atoms with van der Waals surface area (Å²) in [5, 5.41) is 8.94. The smallest absolute Gasteiger partial charge is 0.339 e. The van der Waals surface area contributed by atoms with Gasteiger partial charge in [-0.15, -0.1) is 0 Å². The maximum absolute atomic E-state index is 10.9. The highest BCUT2D eigenvalue weighted by Crippen LogP contribution is 2.21. The molecule has 0 spiro atoms. The Hall–Kier alpha value is -2.23. The molecule has 1 heterocycles. The van der Waals surface area contributed by atoms with Crippen LogP contribution in [-0.2, 0) is 6.61 Å². The molecule has 1 aromatic carbocycles. The van der Waals surface area contributed by atoms with Crippen molar-refractivity contribution >= 4 is 5.97 Å². The van der Waals surface area contributed by atoms with Gasteiger partial charge in [0, 0.05) is 0 Å². The molecule has 0 aliphatic carbocycles. The van der Waals surface area contributed by atoms with Crippen LogP contribution >= 0.6 is 0 Å². The molecule has 0 aliphatic heterocycles. The van der Waals surface area contributed by atoms with Gasteiger partial charge in [-0.25, -0.2) is 4.79 Å². The number of hydrogen-bond donors (Lipinski definition) is 1. The summed E-state index contributed by atoms with van der Waals surface area (Å²) in [7, 11) is 0. The molecule has 1 N–H and O–H groups in total. The Balaban J connectivity index is 2.10. The van der Waals surface area contributed by atoms with Crippen LogP contribution in [-0.4, -0.2) is 11.1 Å². The normalized spacial score (nSPS) is 10.5. The zero-order chi connectivity index (χ0) is 14.0. The molecule has 19 heavy (non-hydrogen) atoms. The lowest BCUT2D eigenvalue weighted by Gasteiger charge is -2.08. The van der Waals surface area contributed by atoms with Crippen molar-refractivity contribution in [1.82, 2.24) is 0 Å². The number of carbonyl (C=O) groups is 1. The van der Waals surface area contributed by atoms with E-state index >= 15 is 0 Å². The summed E-state index contributed by atoms with van der Waals surface area (Å²) in [6, 6.07) is 7.41. The Kier molecular flexibility index (Phi) is 3.60. The number of ether oxygens (including phenoxy) is 1. The predicted octanol–water partition coefficient (Wildman–Crippen LogP) is 3.48. The number of carboxylic acids is 1. The van der Waals surface area contributed by atoms with Crippen molar-refractivity contribution in [2.75, 3.05) is 0 Å². The van der Waals surface area contributed by atoms with E-state index in [0.29, 0.717) is 11.5 Å². The lowest BCUT2D eigenvalue weighted by atomic mass is 10.1. The number of carboxylic acid groups (broad SMARTS) is 1. The first-order valence-corrected chi connectivity index (χ1v) is 6.00. The Morgan fingerprint density at radius 1 is 1.26 bits per heavy atom. The molecule has 2 aromatic rings. The Morgan fingerprint density at radius 3 is 2.58 bits per heavy atom. The van der Waals surface area contributed by atoms with Gasteiger partial charge in [-0.2, -0.15) is 0 Å². The van der Waals surface area contributed by atoms with Gasteiger partial charge >= 0.3 is 5.97 Å². The number of rotatable bonds is 4. The standard InChI is InChI=1S/C15H16O4/c1-9-4-5-14(10(2)6-9)18-8-12-7-13(15(16)17)11(3)19-12/h4-7H,8H2,1-3H3,(H,16,17). The summed E-state index contributed by atoms with van der Waals surface area (Å²) in [4.78, 5) is 10.9. The molecule has 0 atom stereocenters. The van der Waals surface area contributed by atoms with Crippen molar-refractivity contribution in [3.8, 4) is 5.75 Å². The number of aryl methyl sites for hydroxylation is 3. The second-order valence-corrected chi connectivity index (χ2v) is 4.55. The molecule has 0 saturated carbocycles. The van der Waals surface area contributed by atoms with Crippen molar-refractivity contribution in [2.24, 2.45) is 0 Å². The summed E-state index contributed by atoms with van der Waals surface area (Å²) in [6.45, 7) is 5.84. The monoisotopic (exact) mass is 260 g/mol. The molecule has 0 saturated heterocycles. The molecule has 2 rings (SSSR count). The van der Waals surface area contributed by atoms with E-state index in [2.05, 4.69) is 0 Å². The Labute approximate surface area is 111 Å². The first kappa shape index (κ1) is 13.2. The van der Waals surface area contributed by atoms with Gasteiger partial charge in [-0.05, 0) is 38.5 Å². The van der Waals surface area contributed by atoms with Gasteiger partial charge in [0.2, 0.25) is 0 Å². The average molecular weight is 260 g/mol. The minimum absolute atomic E-state index is 0.180. The van der Waals surface area contributed by atoms with Crippen molar-refractivity contribution < 1.29 is 19.1 Å². The molecule has 4 nitrogen and oxygen atoms in total. The third-order valence-electron chi connectivity index (χ3n) is 2.90. The third kappa shape index (κ3) is 2.96. The van der Waals surface area contributed by atoms with Crippen molar-refractivity contribution in [3.05, 3.63) is 52.5 Å². The van der Waals surface area contributed by atoms with Crippen molar-refractivity contribution in [1.29, 1.82) is 0 Å². The van der Waals surface area contributed by atoms with E-state index < -0.39 is 5.97 Å². The van der Waals surface area contributed by atoms with Crippen LogP contribution in [0.2, 0.25) is 0 Å². The zero-order valence-electron chi connectivity index (χ0n) is 11.2. The molecule has 0 unspecified atom stereocenters. The van der Waals surface area contributed by atoms with Crippen LogP contribution in [0.1, 0.15) is 33.0 Å². The van der Waals surface area contributed by atoms with Gasteiger partial charge in [0.15, 0.2) is 0 Å².